The standard InChI is InChI=1S/C14H13ClN2O3/c1-16-13(10-5-6-12(15)19-10)8-3-4-9-11(7-8)20-14(18)17(9)2/h3-7,13,16H,1-2H3. The molecule has 0 spiro atoms. The van der Waals surface area contributed by atoms with Gasteiger partial charge in [-0.2, -0.15) is 0 Å². The van der Waals surface area contributed by atoms with E-state index in [4.69, 9.17) is 20.4 Å². The van der Waals surface area contributed by atoms with Crippen LogP contribution in [0.4, 0.5) is 0 Å². The molecule has 0 aliphatic carbocycles. The van der Waals surface area contributed by atoms with Crippen molar-refractivity contribution in [2.75, 3.05) is 7.05 Å². The molecule has 1 aromatic carbocycles. The predicted octanol–water partition coefficient (Wildman–Crippen LogP) is 2.69. The lowest BCUT2D eigenvalue weighted by Gasteiger charge is -2.13. The van der Waals surface area contributed by atoms with Crippen molar-refractivity contribution in [2.24, 2.45) is 7.05 Å². The van der Waals surface area contributed by atoms with E-state index in [0.717, 1.165) is 11.1 Å². The maximum atomic E-state index is 11.5. The van der Waals surface area contributed by atoms with E-state index < -0.39 is 0 Å². The highest BCUT2D eigenvalue weighted by molar-refractivity contribution is 6.28. The van der Waals surface area contributed by atoms with Gasteiger partial charge in [-0.05, 0) is 48.5 Å². The molecule has 0 aliphatic heterocycles. The van der Waals surface area contributed by atoms with Crippen LogP contribution in [0.25, 0.3) is 11.1 Å². The van der Waals surface area contributed by atoms with Gasteiger partial charge in [-0.1, -0.05) is 6.07 Å². The van der Waals surface area contributed by atoms with Gasteiger partial charge in [-0.15, -0.1) is 0 Å². The fourth-order valence-corrected chi connectivity index (χ4v) is 2.44. The van der Waals surface area contributed by atoms with Gasteiger partial charge in [0.15, 0.2) is 10.8 Å². The maximum absolute atomic E-state index is 11.5. The maximum Gasteiger partial charge on any atom is 0.419 e. The minimum absolute atomic E-state index is 0.155. The van der Waals surface area contributed by atoms with Crippen LogP contribution in [-0.2, 0) is 7.05 Å². The molecule has 6 heteroatoms. The Bertz CT molecular complexity index is 815. The zero-order chi connectivity index (χ0) is 14.3. The molecule has 0 radical (unpaired) electrons. The number of fused-ring (bicyclic) bond motifs is 1. The Hall–Kier alpha value is -1.98. The summed E-state index contributed by atoms with van der Waals surface area (Å²) in [6, 6.07) is 8.96. The number of halogens is 1. The number of rotatable bonds is 3. The molecule has 0 saturated heterocycles. The van der Waals surface area contributed by atoms with E-state index in [2.05, 4.69) is 5.32 Å². The molecule has 3 aromatic rings. The van der Waals surface area contributed by atoms with Crippen molar-refractivity contribution in [3.05, 3.63) is 57.4 Å². The molecule has 3 rings (SSSR count). The summed E-state index contributed by atoms with van der Waals surface area (Å²) in [5.74, 6) is 0.328. The highest BCUT2D eigenvalue weighted by Gasteiger charge is 2.17. The van der Waals surface area contributed by atoms with Crippen LogP contribution in [-0.4, -0.2) is 11.6 Å². The fourth-order valence-electron chi connectivity index (χ4n) is 2.29. The summed E-state index contributed by atoms with van der Waals surface area (Å²) in [6.45, 7) is 0. The number of nitrogens with one attached hydrogen (secondary N) is 1. The molecule has 20 heavy (non-hydrogen) atoms. The van der Waals surface area contributed by atoms with Crippen LogP contribution < -0.4 is 11.1 Å². The van der Waals surface area contributed by atoms with Crippen LogP contribution in [0.2, 0.25) is 5.22 Å². The second kappa shape index (κ2) is 4.85. The predicted molar refractivity (Wildman–Crippen MR) is 76.1 cm³/mol. The van der Waals surface area contributed by atoms with Crippen LogP contribution in [0.5, 0.6) is 0 Å². The SMILES string of the molecule is CNC(c1ccc2c(c1)oc(=O)n2C)c1ccc(Cl)o1. The summed E-state index contributed by atoms with van der Waals surface area (Å²) in [4.78, 5) is 11.5. The van der Waals surface area contributed by atoms with Gasteiger partial charge in [-0.25, -0.2) is 4.79 Å². The van der Waals surface area contributed by atoms with Gasteiger partial charge >= 0.3 is 5.76 Å². The molecule has 104 valence electrons. The third-order valence-corrected chi connectivity index (χ3v) is 3.52. The van der Waals surface area contributed by atoms with Crippen LogP contribution in [0.3, 0.4) is 0 Å². The Morgan fingerprint density at radius 1 is 1.25 bits per heavy atom. The van der Waals surface area contributed by atoms with Gasteiger partial charge in [0.1, 0.15) is 5.76 Å². The first kappa shape index (κ1) is 13.0. The van der Waals surface area contributed by atoms with Crippen molar-refractivity contribution in [3.8, 4) is 0 Å². The number of hydrogen-bond donors (Lipinski definition) is 1. The lowest BCUT2D eigenvalue weighted by atomic mass is 10.0. The van der Waals surface area contributed by atoms with Crippen molar-refractivity contribution in [1.82, 2.24) is 9.88 Å². The number of benzene rings is 1. The zero-order valence-electron chi connectivity index (χ0n) is 11.0. The van der Waals surface area contributed by atoms with Crippen LogP contribution in [0, 0.1) is 0 Å². The number of aromatic nitrogens is 1. The molecular weight excluding hydrogens is 280 g/mol. The van der Waals surface area contributed by atoms with Crippen molar-refractivity contribution in [3.63, 3.8) is 0 Å². The van der Waals surface area contributed by atoms with E-state index in [1.165, 1.54) is 4.57 Å². The number of nitrogens with zero attached hydrogens (tertiary/aromatic N) is 1. The summed E-state index contributed by atoms with van der Waals surface area (Å²) >= 11 is 5.81. The lowest BCUT2D eigenvalue weighted by Crippen LogP contribution is -2.16. The zero-order valence-corrected chi connectivity index (χ0v) is 11.8. The number of aryl methyl sites for hydroxylation is 1. The van der Waals surface area contributed by atoms with Crippen LogP contribution in [0.1, 0.15) is 17.4 Å². The van der Waals surface area contributed by atoms with E-state index in [0.29, 0.717) is 16.6 Å². The van der Waals surface area contributed by atoms with Crippen LogP contribution in [0.15, 0.2) is 44.0 Å². The summed E-state index contributed by atoms with van der Waals surface area (Å²) in [6.07, 6.45) is 0. The van der Waals surface area contributed by atoms with E-state index in [9.17, 15) is 4.79 Å². The van der Waals surface area contributed by atoms with Crippen molar-refractivity contribution >= 4 is 22.7 Å². The van der Waals surface area contributed by atoms with Crippen molar-refractivity contribution in [2.45, 2.75) is 6.04 Å². The number of oxazole rings is 1. The Labute approximate surface area is 119 Å². The molecule has 0 saturated carbocycles. The van der Waals surface area contributed by atoms with E-state index in [-0.39, 0.29) is 11.8 Å². The van der Waals surface area contributed by atoms with Crippen molar-refractivity contribution in [1.29, 1.82) is 0 Å². The third-order valence-electron chi connectivity index (χ3n) is 3.32. The molecule has 2 aromatic heterocycles. The molecule has 0 fully saturated rings. The summed E-state index contributed by atoms with van der Waals surface area (Å²) < 4.78 is 12.1. The Kier molecular flexibility index (Phi) is 3.16. The van der Waals surface area contributed by atoms with Crippen molar-refractivity contribution < 1.29 is 8.83 Å². The number of hydrogen-bond acceptors (Lipinski definition) is 4. The van der Waals surface area contributed by atoms with Gasteiger partial charge in [-0.3, -0.25) is 4.57 Å². The van der Waals surface area contributed by atoms with Gasteiger partial charge in [0, 0.05) is 7.05 Å². The van der Waals surface area contributed by atoms with E-state index >= 15 is 0 Å². The normalized spacial score (nSPS) is 12.9. The second-order valence-corrected chi connectivity index (χ2v) is 4.89. The summed E-state index contributed by atoms with van der Waals surface area (Å²) in [5, 5.41) is 3.50. The van der Waals surface area contributed by atoms with Gasteiger partial charge in [0.05, 0.1) is 11.6 Å². The van der Waals surface area contributed by atoms with Gasteiger partial charge < -0.3 is 14.2 Å². The molecule has 0 amide bonds. The van der Waals surface area contributed by atoms with E-state index in [1.807, 2.05) is 31.3 Å². The first-order valence-electron chi connectivity index (χ1n) is 6.12. The third kappa shape index (κ3) is 2.05. The Morgan fingerprint density at radius 3 is 2.70 bits per heavy atom. The molecule has 5 nitrogen and oxygen atoms in total. The summed E-state index contributed by atoms with van der Waals surface area (Å²) in [5.41, 5.74) is 2.24. The molecular formula is C14H13ClN2O3. The second-order valence-electron chi connectivity index (χ2n) is 4.52. The molecule has 1 unspecified atom stereocenters. The minimum Gasteiger partial charge on any atom is -0.448 e. The lowest BCUT2D eigenvalue weighted by molar-refractivity contribution is 0.464. The number of furan rings is 1. The Morgan fingerprint density at radius 2 is 2.05 bits per heavy atom. The topological polar surface area (TPSA) is 60.3 Å². The van der Waals surface area contributed by atoms with Crippen LogP contribution >= 0.6 is 11.6 Å². The molecule has 2 heterocycles. The monoisotopic (exact) mass is 292 g/mol. The molecule has 1 N–H and O–H groups in total. The smallest absolute Gasteiger partial charge is 0.419 e. The first-order chi connectivity index (χ1) is 9.60. The highest BCUT2D eigenvalue weighted by atomic mass is 35.5. The largest absolute Gasteiger partial charge is 0.448 e. The fraction of sp³-hybridized carbons (Fsp3) is 0.214. The highest BCUT2D eigenvalue weighted by Crippen LogP contribution is 2.27. The molecule has 1 atom stereocenters. The average molecular weight is 293 g/mol. The average Bonchev–Trinajstić information content (AvgIpc) is 2.96. The quantitative estimate of drug-likeness (QED) is 0.806. The molecule has 0 aliphatic rings. The first-order valence-corrected chi connectivity index (χ1v) is 6.50. The molecule has 0 bridgehead atoms. The van der Waals surface area contributed by atoms with Gasteiger partial charge in [0.2, 0.25) is 0 Å². The Balaban J connectivity index is 2.10. The summed E-state index contributed by atoms with van der Waals surface area (Å²) in [7, 11) is 3.50. The minimum atomic E-state index is -0.376. The van der Waals surface area contributed by atoms with E-state index in [1.54, 1.807) is 13.1 Å². The van der Waals surface area contributed by atoms with Gasteiger partial charge in [0.25, 0.3) is 0 Å².